The number of nitrogens with one attached hydrogen (secondary N) is 1. The molecule has 3 heterocycles. The van der Waals surface area contributed by atoms with E-state index in [1.807, 2.05) is 12.3 Å². The minimum absolute atomic E-state index is 0.0656. The van der Waals surface area contributed by atoms with E-state index in [1.165, 1.54) is 42.6 Å². The van der Waals surface area contributed by atoms with Crippen LogP contribution in [0.15, 0.2) is 48.7 Å². The van der Waals surface area contributed by atoms with Crippen LogP contribution in [0.1, 0.15) is 87.8 Å². The molecule has 4 aliphatic rings. The molecule has 4 fully saturated rings. The SMILES string of the molecule is c1ccc(C2(CCNc3ccccc3C3CCC4(CC3)OCCO4)CCOC3(CCCC3)C2)nc1. The molecule has 1 atom stereocenters. The minimum Gasteiger partial charge on any atom is -0.385 e. The summed E-state index contributed by atoms with van der Waals surface area (Å²) >= 11 is 0. The molecule has 0 radical (unpaired) electrons. The van der Waals surface area contributed by atoms with Gasteiger partial charge in [-0.2, -0.15) is 0 Å². The highest BCUT2D eigenvalue weighted by Gasteiger charge is 2.48. The van der Waals surface area contributed by atoms with Gasteiger partial charge in [-0.25, -0.2) is 0 Å². The number of hydrogen-bond donors (Lipinski definition) is 1. The minimum atomic E-state index is -0.298. The van der Waals surface area contributed by atoms with E-state index in [-0.39, 0.29) is 16.8 Å². The van der Waals surface area contributed by atoms with Crippen molar-refractivity contribution >= 4 is 5.69 Å². The summed E-state index contributed by atoms with van der Waals surface area (Å²) in [5.41, 5.74) is 4.14. The first-order valence-corrected chi connectivity index (χ1v) is 13.9. The number of nitrogens with zero attached hydrogens (tertiary/aromatic N) is 1. The largest absolute Gasteiger partial charge is 0.385 e. The lowest BCUT2D eigenvalue weighted by Gasteiger charge is -2.46. The highest BCUT2D eigenvalue weighted by Crippen LogP contribution is 2.50. The molecule has 2 spiro atoms. The van der Waals surface area contributed by atoms with Gasteiger partial charge in [0.2, 0.25) is 0 Å². The van der Waals surface area contributed by atoms with Crippen LogP contribution in [0.3, 0.4) is 0 Å². The van der Waals surface area contributed by atoms with Crippen LogP contribution in [0.25, 0.3) is 0 Å². The van der Waals surface area contributed by atoms with Crippen molar-refractivity contribution < 1.29 is 14.2 Å². The molecule has 6 rings (SSSR count). The van der Waals surface area contributed by atoms with Gasteiger partial charge in [-0.15, -0.1) is 0 Å². The average molecular weight is 477 g/mol. The van der Waals surface area contributed by atoms with E-state index in [9.17, 15) is 0 Å². The lowest BCUT2D eigenvalue weighted by atomic mass is 9.68. The Balaban J connectivity index is 1.16. The molecule has 0 amide bonds. The fraction of sp³-hybridized carbons (Fsp3) is 0.633. The second kappa shape index (κ2) is 9.84. The highest BCUT2D eigenvalue weighted by atomic mass is 16.7. The number of ether oxygens (including phenoxy) is 3. The van der Waals surface area contributed by atoms with Gasteiger partial charge in [0.25, 0.3) is 0 Å². The summed E-state index contributed by atoms with van der Waals surface area (Å²) in [6.45, 7) is 3.29. The number of hydrogen-bond acceptors (Lipinski definition) is 5. The van der Waals surface area contributed by atoms with Crippen LogP contribution in [0, 0.1) is 0 Å². The molecule has 1 aromatic carbocycles. The summed E-state index contributed by atoms with van der Waals surface area (Å²) in [6, 6.07) is 15.4. The zero-order chi connectivity index (χ0) is 23.6. The summed E-state index contributed by atoms with van der Waals surface area (Å²) in [5.74, 6) is 0.263. The van der Waals surface area contributed by atoms with Crippen molar-refractivity contribution in [2.75, 3.05) is 31.7 Å². The maximum atomic E-state index is 6.44. The van der Waals surface area contributed by atoms with Crippen LogP contribution < -0.4 is 5.32 Å². The van der Waals surface area contributed by atoms with Gasteiger partial charge >= 0.3 is 0 Å². The average Bonchev–Trinajstić information content (AvgIpc) is 3.55. The molecule has 2 aliphatic carbocycles. The predicted molar refractivity (Wildman–Crippen MR) is 138 cm³/mol. The number of aromatic nitrogens is 1. The molecular formula is C30H40N2O3. The molecule has 2 saturated heterocycles. The van der Waals surface area contributed by atoms with Crippen molar-refractivity contribution in [1.82, 2.24) is 4.98 Å². The summed E-state index contributed by atoms with van der Waals surface area (Å²) in [6.07, 6.45) is 14.4. The number of pyridine rings is 1. The first-order chi connectivity index (χ1) is 17.2. The topological polar surface area (TPSA) is 52.6 Å². The van der Waals surface area contributed by atoms with Crippen molar-refractivity contribution in [2.24, 2.45) is 0 Å². The fourth-order valence-electron chi connectivity index (χ4n) is 7.40. The Kier molecular flexibility index (Phi) is 6.59. The Morgan fingerprint density at radius 1 is 0.829 bits per heavy atom. The van der Waals surface area contributed by atoms with Crippen molar-refractivity contribution in [2.45, 2.75) is 93.4 Å². The van der Waals surface area contributed by atoms with Crippen LogP contribution in [0.5, 0.6) is 0 Å². The quantitative estimate of drug-likeness (QED) is 0.527. The molecule has 1 N–H and O–H groups in total. The Labute approximate surface area is 210 Å². The van der Waals surface area contributed by atoms with Crippen molar-refractivity contribution in [3.63, 3.8) is 0 Å². The standard InChI is InChI=1S/C30H40N2O3/c1-2-8-26(25(7-1)24-10-14-30(15-11-24)34-21-22-35-30)31-19-16-28(27-9-3-6-18-32-27)17-20-33-29(23-28)12-4-5-13-29/h1-3,6-9,18,24,31H,4-5,10-17,19-23H2. The number of benzene rings is 1. The summed E-state index contributed by atoms with van der Waals surface area (Å²) in [5, 5.41) is 3.86. The monoisotopic (exact) mass is 476 g/mol. The molecular weight excluding hydrogens is 436 g/mol. The van der Waals surface area contributed by atoms with Gasteiger partial charge in [-0.05, 0) is 74.6 Å². The van der Waals surface area contributed by atoms with Gasteiger partial charge in [0.1, 0.15) is 0 Å². The van der Waals surface area contributed by atoms with Gasteiger partial charge in [-0.1, -0.05) is 37.1 Å². The molecule has 2 aliphatic heterocycles. The molecule has 35 heavy (non-hydrogen) atoms. The van der Waals surface area contributed by atoms with E-state index in [0.29, 0.717) is 5.92 Å². The molecule has 5 nitrogen and oxygen atoms in total. The van der Waals surface area contributed by atoms with Crippen molar-refractivity contribution in [1.29, 1.82) is 0 Å². The van der Waals surface area contributed by atoms with Crippen LogP contribution in [0.2, 0.25) is 0 Å². The van der Waals surface area contributed by atoms with Gasteiger partial charge < -0.3 is 19.5 Å². The normalized spacial score (nSPS) is 28.0. The molecule has 1 aromatic heterocycles. The lowest BCUT2D eigenvalue weighted by Crippen LogP contribution is -2.47. The lowest BCUT2D eigenvalue weighted by molar-refractivity contribution is -0.178. The van der Waals surface area contributed by atoms with E-state index < -0.39 is 0 Å². The molecule has 188 valence electrons. The predicted octanol–water partition coefficient (Wildman–Crippen LogP) is 6.35. The van der Waals surface area contributed by atoms with Crippen LogP contribution in [0.4, 0.5) is 5.69 Å². The summed E-state index contributed by atoms with van der Waals surface area (Å²) in [7, 11) is 0. The fourth-order valence-corrected chi connectivity index (χ4v) is 7.40. The van der Waals surface area contributed by atoms with Gasteiger partial charge in [0, 0.05) is 49.0 Å². The van der Waals surface area contributed by atoms with Gasteiger partial charge in [-0.3, -0.25) is 4.98 Å². The third kappa shape index (κ3) is 4.75. The van der Waals surface area contributed by atoms with Crippen LogP contribution in [-0.2, 0) is 19.6 Å². The van der Waals surface area contributed by atoms with Crippen LogP contribution >= 0.6 is 0 Å². The maximum absolute atomic E-state index is 6.44. The van der Waals surface area contributed by atoms with Gasteiger partial charge in [0.15, 0.2) is 5.79 Å². The summed E-state index contributed by atoms with van der Waals surface area (Å²) in [4.78, 5) is 4.87. The van der Waals surface area contributed by atoms with E-state index in [4.69, 9.17) is 19.2 Å². The molecule has 1 unspecified atom stereocenters. The van der Waals surface area contributed by atoms with E-state index in [1.54, 1.807) is 0 Å². The third-order valence-electron chi connectivity index (χ3n) is 9.25. The Morgan fingerprint density at radius 2 is 1.60 bits per heavy atom. The Bertz CT molecular complexity index is 974. The highest BCUT2D eigenvalue weighted by molar-refractivity contribution is 5.53. The molecule has 0 bridgehead atoms. The second-order valence-corrected chi connectivity index (χ2v) is 11.3. The van der Waals surface area contributed by atoms with Crippen molar-refractivity contribution in [3.05, 3.63) is 59.9 Å². The molecule has 2 aromatic rings. The Hall–Kier alpha value is -1.95. The first kappa shape index (κ1) is 23.4. The third-order valence-corrected chi connectivity index (χ3v) is 9.25. The zero-order valence-electron chi connectivity index (χ0n) is 21.0. The van der Waals surface area contributed by atoms with Gasteiger partial charge in [0.05, 0.1) is 18.8 Å². The number of para-hydroxylation sites is 1. The van der Waals surface area contributed by atoms with E-state index in [0.717, 1.165) is 71.3 Å². The first-order valence-electron chi connectivity index (χ1n) is 13.9. The number of rotatable bonds is 6. The van der Waals surface area contributed by atoms with Crippen molar-refractivity contribution in [3.8, 4) is 0 Å². The molecule has 5 heteroatoms. The van der Waals surface area contributed by atoms with E-state index >= 15 is 0 Å². The Morgan fingerprint density at radius 3 is 2.37 bits per heavy atom. The summed E-state index contributed by atoms with van der Waals surface area (Å²) < 4.78 is 18.4. The zero-order valence-corrected chi connectivity index (χ0v) is 21.0. The number of anilines is 1. The molecule has 2 saturated carbocycles. The van der Waals surface area contributed by atoms with E-state index in [2.05, 4.69) is 41.7 Å². The second-order valence-electron chi connectivity index (χ2n) is 11.3. The van der Waals surface area contributed by atoms with Crippen LogP contribution in [-0.4, -0.2) is 42.7 Å². The maximum Gasteiger partial charge on any atom is 0.168 e. The smallest absolute Gasteiger partial charge is 0.168 e.